The van der Waals surface area contributed by atoms with E-state index in [-0.39, 0.29) is 0 Å². The Morgan fingerprint density at radius 3 is 1.29 bits per heavy atom. The number of carboxylic acids is 2. The van der Waals surface area contributed by atoms with Crippen LogP contribution in [0.5, 0.6) is 0 Å². The van der Waals surface area contributed by atoms with E-state index in [2.05, 4.69) is 0 Å². The van der Waals surface area contributed by atoms with Gasteiger partial charge in [0.2, 0.25) is 0 Å². The number of carboxylic acid groups (broad SMARTS) is 2. The van der Waals surface area contributed by atoms with Gasteiger partial charge < -0.3 is 10.2 Å². The molecule has 1 aliphatic carbocycles. The number of hydrogen-bond donors (Lipinski definition) is 2. The number of carbonyl (C=O) groups is 2. The van der Waals surface area contributed by atoms with Gasteiger partial charge in [-0.15, -0.1) is 0 Å². The van der Waals surface area contributed by atoms with Crippen LogP contribution in [-0.2, 0) is 29.1 Å². The molecule has 0 aliphatic heterocycles. The maximum absolute atomic E-state index is 11.7. The normalized spacial score (nSPS) is 30.7. The molecule has 8 heteroatoms. The third kappa shape index (κ3) is 2.32. The van der Waals surface area contributed by atoms with E-state index in [4.69, 9.17) is 19.6 Å². The van der Waals surface area contributed by atoms with Crippen LogP contribution < -0.4 is 0 Å². The van der Waals surface area contributed by atoms with Crippen molar-refractivity contribution in [3.05, 3.63) is 0 Å². The quantitative estimate of drug-likeness (QED) is 0.511. The van der Waals surface area contributed by atoms with Crippen LogP contribution in [0.2, 0.25) is 0 Å². The van der Waals surface area contributed by atoms with Crippen molar-refractivity contribution in [2.45, 2.75) is 65.0 Å². The molecule has 0 saturated heterocycles. The molecule has 1 aliphatic rings. The van der Waals surface area contributed by atoms with E-state index in [0.29, 0.717) is 0 Å². The van der Waals surface area contributed by atoms with Crippen molar-refractivity contribution in [2.75, 3.05) is 0 Å². The molecule has 2 unspecified atom stereocenters. The monoisotopic (exact) mass is 306 g/mol. The first-order chi connectivity index (χ1) is 9.47. The molecule has 0 amide bonds. The lowest BCUT2D eigenvalue weighted by Crippen LogP contribution is -2.44. The molecule has 0 aromatic rings. The maximum Gasteiger partial charge on any atom is 0.344 e. The van der Waals surface area contributed by atoms with E-state index in [0.717, 1.165) is 0 Å². The minimum absolute atomic E-state index is 0.449. The van der Waals surface area contributed by atoms with Gasteiger partial charge in [-0.05, 0) is 27.7 Å². The molecule has 0 heterocycles. The topological polar surface area (TPSA) is 112 Å². The standard InChI is InChI=1S/C13H22O8/c1-7(2)18-20-12(9(14)15)11(5,6)13(12,10(16)17)21-19-8(3)4/h7-8H,1-6H3,(H,14,15)(H,16,17). The summed E-state index contributed by atoms with van der Waals surface area (Å²) in [6.07, 6.45) is -0.898. The molecule has 2 N–H and O–H groups in total. The molecule has 0 radical (unpaired) electrons. The Morgan fingerprint density at radius 2 is 1.10 bits per heavy atom. The summed E-state index contributed by atoms with van der Waals surface area (Å²) in [6.45, 7) is 9.31. The Morgan fingerprint density at radius 1 is 0.810 bits per heavy atom. The fourth-order valence-electron chi connectivity index (χ4n) is 2.37. The summed E-state index contributed by atoms with van der Waals surface area (Å²) in [5, 5.41) is 19.0. The molecular weight excluding hydrogens is 284 g/mol. The fraction of sp³-hybridized carbons (Fsp3) is 0.846. The summed E-state index contributed by atoms with van der Waals surface area (Å²) in [5.74, 6) is -2.99. The van der Waals surface area contributed by atoms with Crippen molar-refractivity contribution in [2.24, 2.45) is 5.41 Å². The van der Waals surface area contributed by atoms with Crippen LogP contribution in [0, 0.1) is 5.41 Å². The first-order valence-electron chi connectivity index (χ1n) is 6.63. The molecule has 0 aromatic carbocycles. The minimum atomic E-state index is -2.20. The van der Waals surface area contributed by atoms with Crippen LogP contribution in [0.4, 0.5) is 0 Å². The molecule has 0 bridgehead atoms. The number of hydrogen-bond acceptors (Lipinski definition) is 6. The van der Waals surface area contributed by atoms with Crippen molar-refractivity contribution in [1.29, 1.82) is 0 Å². The lowest BCUT2D eigenvalue weighted by atomic mass is 10.1. The van der Waals surface area contributed by atoms with Gasteiger partial charge in [0.1, 0.15) is 0 Å². The van der Waals surface area contributed by atoms with Crippen molar-refractivity contribution in [3.63, 3.8) is 0 Å². The van der Waals surface area contributed by atoms with Crippen molar-refractivity contribution in [1.82, 2.24) is 0 Å². The molecular formula is C13H22O8. The van der Waals surface area contributed by atoms with Crippen LogP contribution in [-0.4, -0.2) is 45.6 Å². The smallest absolute Gasteiger partial charge is 0.344 e. The number of rotatable bonds is 8. The van der Waals surface area contributed by atoms with Gasteiger partial charge in [-0.1, -0.05) is 13.8 Å². The molecule has 0 aromatic heterocycles. The van der Waals surface area contributed by atoms with Crippen LogP contribution in [0.3, 0.4) is 0 Å². The third-order valence-electron chi connectivity index (χ3n) is 3.53. The second kappa shape index (κ2) is 5.53. The Labute approximate surface area is 122 Å². The zero-order valence-corrected chi connectivity index (χ0v) is 13.0. The van der Waals surface area contributed by atoms with Gasteiger partial charge in [-0.2, -0.15) is 0 Å². The highest BCUT2D eigenvalue weighted by atomic mass is 17.2. The predicted molar refractivity (Wildman–Crippen MR) is 69.1 cm³/mol. The van der Waals surface area contributed by atoms with E-state index < -0.39 is 40.8 Å². The molecule has 8 nitrogen and oxygen atoms in total. The van der Waals surface area contributed by atoms with E-state index in [9.17, 15) is 19.8 Å². The lowest BCUT2D eigenvalue weighted by molar-refractivity contribution is -0.395. The maximum atomic E-state index is 11.7. The fourth-order valence-corrected chi connectivity index (χ4v) is 2.37. The zero-order valence-electron chi connectivity index (χ0n) is 13.0. The third-order valence-corrected chi connectivity index (χ3v) is 3.53. The Bertz CT molecular complexity index is 392. The lowest BCUT2D eigenvalue weighted by Gasteiger charge is -2.19. The Kier molecular flexibility index (Phi) is 4.69. The van der Waals surface area contributed by atoms with Gasteiger partial charge >= 0.3 is 11.9 Å². The zero-order chi connectivity index (χ0) is 16.6. The second-order valence-corrected chi connectivity index (χ2v) is 6.05. The highest BCUT2D eigenvalue weighted by Crippen LogP contribution is 2.69. The SMILES string of the molecule is CC(C)OOC1(C(=O)O)C(C)(C)C1(OOC(C)C)C(=O)O. The minimum Gasteiger partial charge on any atom is -0.479 e. The van der Waals surface area contributed by atoms with Crippen LogP contribution in [0.25, 0.3) is 0 Å². The summed E-state index contributed by atoms with van der Waals surface area (Å²) in [5.41, 5.74) is -5.81. The van der Waals surface area contributed by atoms with E-state index >= 15 is 0 Å². The van der Waals surface area contributed by atoms with Crippen molar-refractivity contribution >= 4 is 11.9 Å². The van der Waals surface area contributed by atoms with Gasteiger partial charge in [0.05, 0.1) is 17.6 Å². The van der Waals surface area contributed by atoms with Gasteiger partial charge in [0.15, 0.2) is 0 Å². The average molecular weight is 306 g/mol. The molecule has 122 valence electrons. The Hall–Kier alpha value is -1.22. The van der Waals surface area contributed by atoms with Gasteiger partial charge in [-0.25, -0.2) is 29.1 Å². The highest BCUT2D eigenvalue weighted by Gasteiger charge is 2.97. The highest BCUT2D eigenvalue weighted by molar-refractivity contribution is 6.01. The summed E-state index contributed by atoms with van der Waals surface area (Å²) < 4.78 is 0. The summed E-state index contributed by atoms with van der Waals surface area (Å²) in [7, 11) is 0. The van der Waals surface area contributed by atoms with Gasteiger partial charge in [-0.3, -0.25) is 0 Å². The van der Waals surface area contributed by atoms with Gasteiger partial charge in [0, 0.05) is 0 Å². The molecule has 1 fully saturated rings. The number of aliphatic carboxylic acids is 2. The van der Waals surface area contributed by atoms with Crippen LogP contribution in [0.15, 0.2) is 0 Å². The predicted octanol–water partition coefficient (Wildman–Crippen LogP) is 1.39. The molecule has 2 atom stereocenters. The second-order valence-electron chi connectivity index (χ2n) is 6.05. The van der Waals surface area contributed by atoms with Crippen LogP contribution in [0.1, 0.15) is 41.5 Å². The van der Waals surface area contributed by atoms with Crippen molar-refractivity contribution in [3.8, 4) is 0 Å². The first kappa shape index (κ1) is 17.8. The van der Waals surface area contributed by atoms with E-state index in [1.54, 1.807) is 27.7 Å². The van der Waals surface area contributed by atoms with E-state index in [1.807, 2.05) is 0 Å². The first-order valence-corrected chi connectivity index (χ1v) is 6.63. The molecule has 1 saturated carbocycles. The van der Waals surface area contributed by atoms with Gasteiger partial charge in [0.25, 0.3) is 11.2 Å². The molecule has 1 rings (SSSR count). The largest absolute Gasteiger partial charge is 0.479 e. The van der Waals surface area contributed by atoms with E-state index in [1.165, 1.54) is 13.8 Å². The molecule has 21 heavy (non-hydrogen) atoms. The summed E-state index contributed by atoms with van der Waals surface area (Å²) in [6, 6.07) is 0. The summed E-state index contributed by atoms with van der Waals surface area (Å²) >= 11 is 0. The Balaban J connectivity index is 3.22. The van der Waals surface area contributed by atoms with Crippen LogP contribution >= 0.6 is 0 Å². The van der Waals surface area contributed by atoms with Crippen molar-refractivity contribution < 1.29 is 39.4 Å². The summed E-state index contributed by atoms with van der Waals surface area (Å²) in [4.78, 5) is 43.1. The average Bonchev–Trinajstić information content (AvgIpc) is 2.76. The molecule has 0 spiro atoms.